The molecule has 0 bridgehead atoms. The molecule has 9 heteroatoms. The number of sulfone groups is 1. The average molecular weight is 378 g/mol. The lowest BCUT2D eigenvalue weighted by Crippen LogP contribution is -2.13. The summed E-state index contributed by atoms with van der Waals surface area (Å²) >= 11 is 5.50. The molecular formula is C15H11ClF3NO3S. The average Bonchev–Trinajstić information content (AvgIpc) is 2.47. The van der Waals surface area contributed by atoms with Crippen LogP contribution in [0.5, 0.6) is 0 Å². The van der Waals surface area contributed by atoms with Crippen molar-refractivity contribution in [2.24, 2.45) is 0 Å². The van der Waals surface area contributed by atoms with Crippen LogP contribution in [0.25, 0.3) is 0 Å². The van der Waals surface area contributed by atoms with E-state index >= 15 is 0 Å². The predicted molar refractivity (Wildman–Crippen MR) is 84.0 cm³/mol. The van der Waals surface area contributed by atoms with E-state index in [0.717, 1.165) is 18.4 Å². The van der Waals surface area contributed by atoms with Gasteiger partial charge in [-0.25, -0.2) is 8.42 Å². The van der Waals surface area contributed by atoms with E-state index in [1.807, 2.05) is 0 Å². The van der Waals surface area contributed by atoms with Crippen molar-refractivity contribution in [3.05, 3.63) is 58.6 Å². The molecule has 0 heterocycles. The fourth-order valence-corrected chi connectivity index (χ4v) is 2.73. The second-order valence-corrected chi connectivity index (χ2v) is 7.37. The highest BCUT2D eigenvalue weighted by Gasteiger charge is 2.33. The zero-order valence-electron chi connectivity index (χ0n) is 12.2. The molecule has 0 atom stereocenters. The zero-order chi connectivity index (χ0) is 18.1. The van der Waals surface area contributed by atoms with Gasteiger partial charge in [-0.05, 0) is 42.5 Å². The van der Waals surface area contributed by atoms with Crippen LogP contribution in [0.2, 0.25) is 5.02 Å². The molecule has 0 aliphatic heterocycles. The number of nitrogens with one attached hydrogen (secondary N) is 1. The Morgan fingerprint density at radius 3 is 2.17 bits per heavy atom. The first kappa shape index (κ1) is 18.3. The Bertz CT molecular complexity index is 878. The number of hydrogen-bond donors (Lipinski definition) is 1. The molecule has 0 spiro atoms. The number of carbonyl (C=O) groups is 1. The molecule has 0 radical (unpaired) electrons. The van der Waals surface area contributed by atoms with Crippen molar-refractivity contribution < 1.29 is 26.4 Å². The molecule has 0 aromatic heterocycles. The minimum absolute atomic E-state index is 0.0323. The summed E-state index contributed by atoms with van der Waals surface area (Å²) in [6.45, 7) is 0. The normalized spacial score (nSPS) is 12.0. The molecular weight excluding hydrogens is 367 g/mol. The lowest BCUT2D eigenvalue weighted by Gasteiger charge is -2.12. The van der Waals surface area contributed by atoms with E-state index in [0.29, 0.717) is 0 Å². The number of alkyl halides is 3. The maximum absolute atomic E-state index is 12.8. The largest absolute Gasteiger partial charge is 0.417 e. The Morgan fingerprint density at radius 2 is 1.67 bits per heavy atom. The number of rotatable bonds is 3. The van der Waals surface area contributed by atoms with E-state index in [9.17, 15) is 26.4 Å². The van der Waals surface area contributed by atoms with E-state index in [2.05, 4.69) is 5.32 Å². The lowest BCUT2D eigenvalue weighted by atomic mass is 10.1. The summed E-state index contributed by atoms with van der Waals surface area (Å²) in [6.07, 6.45) is -3.62. The molecule has 4 nitrogen and oxygen atoms in total. The van der Waals surface area contributed by atoms with Crippen molar-refractivity contribution in [1.82, 2.24) is 0 Å². The van der Waals surface area contributed by atoms with Crippen molar-refractivity contribution in [3.63, 3.8) is 0 Å². The SMILES string of the molecule is CS(=O)(=O)c1ccc(C(=O)Nc2ccc(Cl)c(C(F)(F)F)c2)cc1. The summed E-state index contributed by atoms with van der Waals surface area (Å²) in [5.41, 5.74) is -1.04. The Hall–Kier alpha value is -2.06. The third kappa shape index (κ3) is 4.27. The second kappa shape index (κ2) is 6.45. The van der Waals surface area contributed by atoms with Gasteiger partial charge in [-0.1, -0.05) is 11.6 Å². The molecule has 1 amide bonds. The van der Waals surface area contributed by atoms with Gasteiger partial charge in [0.1, 0.15) is 0 Å². The number of benzene rings is 2. The molecule has 0 fully saturated rings. The van der Waals surface area contributed by atoms with E-state index in [1.165, 1.54) is 30.3 Å². The third-order valence-electron chi connectivity index (χ3n) is 3.07. The van der Waals surface area contributed by atoms with Gasteiger partial charge in [-0.2, -0.15) is 13.2 Å². The quantitative estimate of drug-likeness (QED) is 0.878. The van der Waals surface area contributed by atoms with Crippen LogP contribution in [0.4, 0.5) is 18.9 Å². The van der Waals surface area contributed by atoms with Crippen molar-refractivity contribution in [3.8, 4) is 0 Å². The molecule has 2 rings (SSSR count). The van der Waals surface area contributed by atoms with Gasteiger partial charge >= 0.3 is 6.18 Å². The van der Waals surface area contributed by atoms with Gasteiger partial charge in [0.2, 0.25) is 0 Å². The summed E-state index contributed by atoms with van der Waals surface area (Å²) in [6, 6.07) is 8.03. The van der Waals surface area contributed by atoms with Crippen LogP contribution in [-0.2, 0) is 16.0 Å². The van der Waals surface area contributed by atoms with Gasteiger partial charge in [-0.3, -0.25) is 4.79 Å². The maximum Gasteiger partial charge on any atom is 0.417 e. The van der Waals surface area contributed by atoms with Gasteiger partial charge in [0.25, 0.3) is 5.91 Å². The van der Waals surface area contributed by atoms with Crippen molar-refractivity contribution in [2.75, 3.05) is 11.6 Å². The Kier molecular flexibility index (Phi) is 4.91. The van der Waals surface area contributed by atoms with E-state index in [4.69, 9.17) is 11.6 Å². The molecule has 2 aromatic rings. The number of amides is 1. The van der Waals surface area contributed by atoms with Crippen LogP contribution in [0.3, 0.4) is 0 Å². The maximum atomic E-state index is 12.8. The topological polar surface area (TPSA) is 63.2 Å². The molecule has 2 aromatic carbocycles. The highest BCUT2D eigenvalue weighted by molar-refractivity contribution is 7.90. The molecule has 1 N–H and O–H groups in total. The Labute approximate surface area is 141 Å². The first-order valence-electron chi connectivity index (χ1n) is 6.47. The van der Waals surface area contributed by atoms with Crippen LogP contribution < -0.4 is 5.32 Å². The molecule has 24 heavy (non-hydrogen) atoms. The van der Waals surface area contributed by atoms with Gasteiger partial charge in [0.15, 0.2) is 9.84 Å². The summed E-state index contributed by atoms with van der Waals surface area (Å²) in [7, 11) is -3.40. The number of halogens is 4. The summed E-state index contributed by atoms with van der Waals surface area (Å²) < 4.78 is 61.1. The molecule has 0 saturated heterocycles. The standard InChI is InChI=1S/C15H11ClF3NO3S/c1-24(22,23)11-5-2-9(3-6-11)14(21)20-10-4-7-13(16)12(8-10)15(17,18)19/h2-8H,1H3,(H,20,21). The summed E-state index contributed by atoms with van der Waals surface area (Å²) in [5, 5.41) is 1.84. The fourth-order valence-electron chi connectivity index (χ4n) is 1.88. The molecule has 0 saturated carbocycles. The minimum atomic E-state index is -4.64. The molecule has 0 aliphatic carbocycles. The Balaban J connectivity index is 2.24. The highest BCUT2D eigenvalue weighted by atomic mass is 35.5. The number of anilines is 1. The van der Waals surface area contributed by atoms with Gasteiger partial charge < -0.3 is 5.32 Å². The predicted octanol–water partition coefficient (Wildman–Crippen LogP) is 4.01. The monoisotopic (exact) mass is 377 g/mol. The van der Waals surface area contributed by atoms with Crippen LogP contribution >= 0.6 is 11.6 Å². The molecule has 0 aliphatic rings. The van der Waals surface area contributed by atoms with Crippen molar-refractivity contribution in [2.45, 2.75) is 11.1 Å². The Morgan fingerprint density at radius 1 is 1.08 bits per heavy atom. The van der Waals surface area contributed by atoms with E-state index in [1.54, 1.807) is 0 Å². The smallest absolute Gasteiger partial charge is 0.322 e. The fraction of sp³-hybridized carbons (Fsp3) is 0.133. The zero-order valence-corrected chi connectivity index (χ0v) is 13.8. The number of hydrogen-bond acceptors (Lipinski definition) is 3. The first-order valence-corrected chi connectivity index (χ1v) is 8.73. The van der Waals surface area contributed by atoms with Crippen LogP contribution in [-0.4, -0.2) is 20.6 Å². The molecule has 0 unspecified atom stereocenters. The lowest BCUT2D eigenvalue weighted by molar-refractivity contribution is -0.137. The summed E-state index contributed by atoms with van der Waals surface area (Å²) in [5.74, 6) is -0.675. The van der Waals surface area contributed by atoms with Gasteiger partial charge in [-0.15, -0.1) is 0 Å². The van der Waals surface area contributed by atoms with Crippen LogP contribution in [0, 0.1) is 0 Å². The van der Waals surface area contributed by atoms with Crippen molar-refractivity contribution in [1.29, 1.82) is 0 Å². The van der Waals surface area contributed by atoms with E-state index < -0.39 is 32.5 Å². The number of carbonyl (C=O) groups excluding carboxylic acids is 1. The summed E-state index contributed by atoms with van der Waals surface area (Å²) in [4.78, 5) is 12.1. The van der Waals surface area contributed by atoms with Gasteiger partial charge in [0, 0.05) is 17.5 Å². The van der Waals surface area contributed by atoms with Crippen LogP contribution in [0.15, 0.2) is 47.4 Å². The van der Waals surface area contributed by atoms with Crippen LogP contribution in [0.1, 0.15) is 15.9 Å². The van der Waals surface area contributed by atoms with Crippen molar-refractivity contribution >= 4 is 33.0 Å². The molecule has 128 valence electrons. The minimum Gasteiger partial charge on any atom is -0.322 e. The van der Waals surface area contributed by atoms with Gasteiger partial charge in [0.05, 0.1) is 15.5 Å². The second-order valence-electron chi connectivity index (χ2n) is 4.94. The van der Waals surface area contributed by atoms with E-state index in [-0.39, 0.29) is 16.1 Å². The third-order valence-corrected chi connectivity index (χ3v) is 4.53. The first-order chi connectivity index (χ1) is 11.0. The highest BCUT2D eigenvalue weighted by Crippen LogP contribution is 2.36.